The highest BCUT2D eigenvalue weighted by Crippen LogP contribution is 2.27. The van der Waals surface area contributed by atoms with Crippen LogP contribution < -0.4 is 9.47 Å². The molecule has 7 heteroatoms. The summed E-state index contributed by atoms with van der Waals surface area (Å²) in [6.45, 7) is 3.15. The van der Waals surface area contributed by atoms with Crippen molar-refractivity contribution in [1.29, 1.82) is 0 Å². The predicted molar refractivity (Wildman–Crippen MR) is 128 cm³/mol. The van der Waals surface area contributed by atoms with Gasteiger partial charge in [0.1, 0.15) is 17.0 Å². The van der Waals surface area contributed by atoms with Crippen molar-refractivity contribution >= 4 is 17.1 Å². The van der Waals surface area contributed by atoms with Crippen LogP contribution in [0.1, 0.15) is 18.9 Å². The fraction of sp³-hybridized carbons (Fsp3) is 0.259. The van der Waals surface area contributed by atoms with E-state index in [9.17, 15) is 9.90 Å². The number of carboxylic acids is 1. The van der Waals surface area contributed by atoms with Crippen molar-refractivity contribution in [2.75, 3.05) is 19.8 Å². The summed E-state index contributed by atoms with van der Waals surface area (Å²) in [6.07, 6.45) is 0.190. The van der Waals surface area contributed by atoms with Crippen molar-refractivity contribution in [3.05, 3.63) is 78.4 Å². The molecule has 1 heterocycles. The van der Waals surface area contributed by atoms with E-state index >= 15 is 0 Å². The van der Waals surface area contributed by atoms with E-state index in [-0.39, 0.29) is 0 Å². The fourth-order valence-electron chi connectivity index (χ4n) is 3.51. The molecule has 1 aromatic heterocycles. The van der Waals surface area contributed by atoms with Gasteiger partial charge in [-0.25, -0.2) is 9.78 Å². The molecule has 0 unspecified atom stereocenters. The largest absolute Gasteiger partial charge is 0.493 e. The Labute approximate surface area is 197 Å². The summed E-state index contributed by atoms with van der Waals surface area (Å²) in [6, 6.07) is 22.7. The van der Waals surface area contributed by atoms with Gasteiger partial charge >= 0.3 is 5.97 Å². The number of hydrogen-bond donors (Lipinski definition) is 1. The Morgan fingerprint density at radius 3 is 2.47 bits per heavy atom. The normalized spacial score (nSPS) is 11.9. The van der Waals surface area contributed by atoms with Gasteiger partial charge in [0.05, 0.1) is 13.2 Å². The molecule has 7 nitrogen and oxygen atoms in total. The summed E-state index contributed by atoms with van der Waals surface area (Å²) in [7, 11) is 0. The van der Waals surface area contributed by atoms with Crippen molar-refractivity contribution in [2.45, 2.75) is 25.9 Å². The number of benzene rings is 3. The highest BCUT2D eigenvalue weighted by Gasteiger charge is 2.17. The maximum absolute atomic E-state index is 11.2. The summed E-state index contributed by atoms with van der Waals surface area (Å²) >= 11 is 0. The molecule has 4 rings (SSSR count). The van der Waals surface area contributed by atoms with Crippen LogP contribution in [0, 0.1) is 0 Å². The Morgan fingerprint density at radius 2 is 1.74 bits per heavy atom. The van der Waals surface area contributed by atoms with Crippen molar-refractivity contribution < 1.29 is 28.5 Å². The van der Waals surface area contributed by atoms with Crippen LogP contribution in [0.15, 0.2) is 77.2 Å². The minimum Gasteiger partial charge on any atom is -0.493 e. The summed E-state index contributed by atoms with van der Waals surface area (Å²) in [5.41, 5.74) is 3.32. The molecule has 1 atom stereocenters. The Morgan fingerprint density at radius 1 is 0.971 bits per heavy atom. The molecule has 176 valence electrons. The number of oxazole rings is 1. The zero-order valence-electron chi connectivity index (χ0n) is 19.0. The second-order valence-electron chi connectivity index (χ2n) is 7.70. The van der Waals surface area contributed by atoms with Gasteiger partial charge < -0.3 is 23.7 Å². The molecule has 0 spiro atoms. The average molecular weight is 462 g/mol. The number of aliphatic carboxylic acids is 1. The van der Waals surface area contributed by atoms with Crippen LogP contribution in [-0.4, -0.2) is 42.0 Å². The first-order chi connectivity index (χ1) is 16.6. The van der Waals surface area contributed by atoms with E-state index in [4.69, 9.17) is 18.6 Å². The Bertz CT molecular complexity index is 1180. The molecule has 0 aliphatic carbocycles. The van der Waals surface area contributed by atoms with Gasteiger partial charge in [0.15, 0.2) is 11.7 Å². The monoisotopic (exact) mass is 461 g/mol. The van der Waals surface area contributed by atoms with E-state index in [1.807, 2.05) is 72.8 Å². The molecule has 0 saturated heterocycles. The fourth-order valence-corrected chi connectivity index (χ4v) is 3.51. The lowest BCUT2D eigenvalue weighted by Gasteiger charge is -2.13. The second-order valence-corrected chi connectivity index (χ2v) is 7.70. The third-order valence-electron chi connectivity index (χ3n) is 5.19. The van der Waals surface area contributed by atoms with E-state index in [1.165, 1.54) is 0 Å². The summed E-state index contributed by atoms with van der Waals surface area (Å²) in [4.78, 5) is 15.8. The summed E-state index contributed by atoms with van der Waals surface area (Å²) in [5, 5.41) is 9.20. The maximum atomic E-state index is 11.2. The zero-order chi connectivity index (χ0) is 23.8. The predicted octanol–water partition coefficient (Wildman–Crippen LogP) is 5.37. The van der Waals surface area contributed by atoms with Crippen molar-refractivity contribution in [2.24, 2.45) is 0 Å². The molecule has 0 radical (unpaired) electrons. The second kappa shape index (κ2) is 11.3. The number of para-hydroxylation sites is 2. The molecule has 4 aromatic rings. The Balaban J connectivity index is 1.23. The average Bonchev–Trinajstić information content (AvgIpc) is 3.29. The Kier molecular flexibility index (Phi) is 7.78. The summed E-state index contributed by atoms with van der Waals surface area (Å²) in [5.74, 6) is 1.08. The molecule has 0 amide bonds. The smallest absolute Gasteiger partial charge is 0.333 e. The van der Waals surface area contributed by atoms with Crippen LogP contribution in [0.3, 0.4) is 0 Å². The first-order valence-corrected chi connectivity index (χ1v) is 11.3. The van der Waals surface area contributed by atoms with Crippen LogP contribution in [-0.2, 0) is 16.0 Å². The van der Waals surface area contributed by atoms with Crippen molar-refractivity contribution in [1.82, 2.24) is 4.98 Å². The standard InChI is InChI=1S/C27H27NO6/c1-2-31-25(27(29)30)17-19-11-13-21(14-12-19)32-15-6-16-33-22-8-5-7-20(18-22)26-28-23-9-3-4-10-24(23)34-26/h3-5,7-14,18,25H,2,6,15-17H2,1H3,(H,29,30)/t25-/m0/s1. The molecule has 0 saturated carbocycles. The number of fused-ring (bicyclic) bond motifs is 1. The van der Waals surface area contributed by atoms with E-state index in [1.54, 1.807) is 6.92 Å². The van der Waals surface area contributed by atoms with Crippen LogP contribution in [0.2, 0.25) is 0 Å². The number of rotatable bonds is 12. The van der Waals surface area contributed by atoms with Crippen molar-refractivity contribution in [3.8, 4) is 23.0 Å². The zero-order valence-corrected chi connectivity index (χ0v) is 19.0. The highest BCUT2D eigenvalue weighted by atomic mass is 16.5. The van der Waals surface area contributed by atoms with E-state index in [0.29, 0.717) is 38.6 Å². The van der Waals surface area contributed by atoms with E-state index < -0.39 is 12.1 Å². The number of aromatic nitrogens is 1. The number of carboxylic acid groups (broad SMARTS) is 1. The van der Waals surface area contributed by atoms with Gasteiger partial charge in [-0.1, -0.05) is 30.3 Å². The number of hydrogen-bond acceptors (Lipinski definition) is 6. The lowest BCUT2D eigenvalue weighted by atomic mass is 10.1. The molecule has 0 aliphatic heterocycles. The minimum atomic E-state index is -0.957. The van der Waals surface area contributed by atoms with Gasteiger partial charge in [-0.05, 0) is 55.0 Å². The molecule has 34 heavy (non-hydrogen) atoms. The van der Waals surface area contributed by atoms with Gasteiger partial charge in [-0.15, -0.1) is 0 Å². The maximum Gasteiger partial charge on any atom is 0.333 e. The van der Waals surface area contributed by atoms with Gasteiger partial charge in [0.2, 0.25) is 5.89 Å². The van der Waals surface area contributed by atoms with E-state index in [2.05, 4.69) is 4.98 Å². The minimum absolute atomic E-state index is 0.319. The van der Waals surface area contributed by atoms with Gasteiger partial charge in [-0.3, -0.25) is 0 Å². The molecule has 0 fully saturated rings. The first kappa shape index (κ1) is 23.3. The lowest BCUT2D eigenvalue weighted by molar-refractivity contribution is -0.149. The molecule has 3 aromatic carbocycles. The molecular weight excluding hydrogens is 434 g/mol. The van der Waals surface area contributed by atoms with Crippen molar-refractivity contribution in [3.63, 3.8) is 0 Å². The highest BCUT2D eigenvalue weighted by molar-refractivity contribution is 5.76. The van der Waals surface area contributed by atoms with Gasteiger partial charge in [-0.2, -0.15) is 0 Å². The Hall–Kier alpha value is -3.84. The topological polar surface area (TPSA) is 91.0 Å². The van der Waals surface area contributed by atoms with Crippen LogP contribution in [0.5, 0.6) is 11.5 Å². The van der Waals surface area contributed by atoms with Crippen LogP contribution in [0.25, 0.3) is 22.6 Å². The number of nitrogens with zero attached hydrogens (tertiary/aromatic N) is 1. The molecule has 0 aliphatic rings. The van der Waals surface area contributed by atoms with Gasteiger partial charge in [0.25, 0.3) is 0 Å². The summed E-state index contributed by atoms with van der Waals surface area (Å²) < 4.78 is 22.7. The number of ether oxygens (including phenoxy) is 3. The van der Waals surface area contributed by atoms with Gasteiger partial charge in [0, 0.05) is 25.0 Å². The lowest BCUT2D eigenvalue weighted by Crippen LogP contribution is -2.26. The quantitative estimate of drug-likeness (QED) is 0.283. The SMILES string of the molecule is CCO[C@@H](Cc1ccc(OCCCOc2cccc(-c3nc4ccccc4o3)c2)cc1)C(=O)O. The third-order valence-corrected chi connectivity index (χ3v) is 5.19. The third kappa shape index (κ3) is 6.14. The molecule has 1 N–H and O–H groups in total. The van der Waals surface area contributed by atoms with Crippen LogP contribution >= 0.6 is 0 Å². The first-order valence-electron chi connectivity index (χ1n) is 11.3. The molecule has 0 bridgehead atoms. The van der Waals surface area contributed by atoms with Crippen LogP contribution in [0.4, 0.5) is 0 Å². The molecular formula is C27H27NO6. The van der Waals surface area contributed by atoms with E-state index in [0.717, 1.165) is 33.7 Å². The number of carbonyl (C=O) groups is 1.